The molecule has 0 bridgehead atoms. The van der Waals surface area contributed by atoms with Crippen LogP contribution in [0.4, 0.5) is 5.69 Å². The van der Waals surface area contributed by atoms with Crippen molar-refractivity contribution in [2.24, 2.45) is 0 Å². The first-order valence-corrected chi connectivity index (χ1v) is 14.2. The number of allylic oxidation sites excluding steroid dienone is 4. The van der Waals surface area contributed by atoms with Crippen LogP contribution in [0.5, 0.6) is 0 Å². The van der Waals surface area contributed by atoms with Crippen molar-refractivity contribution >= 4 is 8.89 Å². The van der Waals surface area contributed by atoms with Crippen LogP contribution in [0.25, 0.3) is 11.1 Å². The van der Waals surface area contributed by atoms with Gasteiger partial charge in [-0.2, -0.15) is 18.2 Å². The van der Waals surface area contributed by atoms with E-state index in [0.717, 1.165) is 25.9 Å². The molecule has 2 aliphatic carbocycles. The van der Waals surface area contributed by atoms with Crippen LogP contribution in [-0.2, 0) is 30.7 Å². The topological polar surface area (TPSA) is 3.24 Å². The zero-order chi connectivity index (χ0) is 25.9. The molecular formula is C35H33Cl2NZr-2. The van der Waals surface area contributed by atoms with Gasteiger partial charge in [0.05, 0.1) is 0 Å². The molecule has 0 atom stereocenters. The molecule has 6 rings (SSSR count). The Morgan fingerprint density at radius 2 is 1.33 bits per heavy atom. The SMILES string of the molecule is CCN(CC)c1[c-]c2c(cc1)-c1ccccc1C2.[C-]1=CC=CC1.[Cl-].[Cl-].[Zr+2]=[C](c1ccccc1)c1ccccc1. The van der Waals surface area contributed by atoms with E-state index in [9.17, 15) is 0 Å². The van der Waals surface area contributed by atoms with Crippen molar-refractivity contribution in [2.45, 2.75) is 26.7 Å². The molecule has 2 aliphatic rings. The quantitative estimate of drug-likeness (QED) is 0.269. The van der Waals surface area contributed by atoms with Gasteiger partial charge in [0.2, 0.25) is 0 Å². The normalized spacial score (nSPS) is 11.4. The van der Waals surface area contributed by atoms with Gasteiger partial charge in [-0.05, 0) is 20.3 Å². The number of hydrogen-bond acceptors (Lipinski definition) is 1. The minimum atomic E-state index is 0. The third kappa shape index (κ3) is 9.01. The summed E-state index contributed by atoms with van der Waals surface area (Å²) >= 11 is 1.46. The Hall–Kier alpha value is -2.51. The molecule has 0 saturated heterocycles. The molecule has 0 fully saturated rings. The maximum atomic E-state index is 3.60. The van der Waals surface area contributed by atoms with Crippen LogP contribution < -0.4 is 29.7 Å². The number of hydrogen-bond donors (Lipinski definition) is 0. The summed E-state index contributed by atoms with van der Waals surface area (Å²) in [4.78, 5) is 2.35. The van der Waals surface area contributed by atoms with E-state index in [1.54, 1.807) is 0 Å². The molecule has 198 valence electrons. The third-order valence-electron chi connectivity index (χ3n) is 6.50. The van der Waals surface area contributed by atoms with Gasteiger partial charge in [0.15, 0.2) is 0 Å². The van der Waals surface area contributed by atoms with Gasteiger partial charge in [-0.3, -0.25) is 6.08 Å². The van der Waals surface area contributed by atoms with Gasteiger partial charge in [0.1, 0.15) is 0 Å². The first kappa shape index (κ1) is 32.7. The molecule has 0 spiro atoms. The van der Waals surface area contributed by atoms with E-state index < -0.39 is 0 Å². The van der Waals surface area contributed by atoms with Crippen LogP contribution >= 0.6 is 0 Å². The molecular weight excluding hydrogens is 597 g/mol. The molecule has 0 N–H and O–H groups in total. The van der Waals surface area contributed by atoms with Crippen LogP contribution in [0.15, 0.2) is 115 Å². The Labute approximate surface area is 261 Å². The third-order valence-corrected chi connectivity index (χ3v) is 7.92. The summed E-state index contributed by atoms with van der Waals surface area (Å²) in [5.41, 5.74) is 9.41. The summed E-state index contributed by atoms with van der Waals surface area (Å²) in [6, 6.07) is 37.8. The van der Waals surface area contributed by atoms with E-state index in [1.807, 2.05) is 12.2 Å². The molecule has 4 aromatic rings. The predicted molar refractivity (Wildman–Crippen MR) is 155 cm³/mol. The average molecular weight is 630 g/mol. The van der Waals surface area contributed by atoms with Gasteiger partial charge in [0, 0.05) is 13.1 Å². The second kappa shape index (κ2) is 17.2. The Bertz CT molecular complexity index is 1310. The van der Waals surface area contributed by atoms with Crippen LogP contribution in [0.3, 0.4) is 0 Å². The minimum absolute atomic E-state index is 0. The van der Waals surface area contributed by atoms with Gasteiger partial charge in [0.25, 0.3) is 0 Å². The summed E-state index contributed by atoms with van der Waals surface area (Å²) in [5, 5.41) is 0. The zero-order valence-corrected chi connectivity index (χ0v) is 26.5. The van der Waals surface area contributed by atoms with Crippen LogP contribution in [0.2, 0.25) is 0 Å². The van der Waals surface area contributed by atoms with Gasteiger partial charge in [-0.25, -0.2) is 12.2 Å². The second-order valence-electron chi connectivity index (χ2n) is 8.85. The van der Waals surface area contributed by atoms with E-state index >= 15 is 0 Å². The fraction of sp³-hybridized carbons (Fsp3) is 0.171. The number of fused-ring (bicyclic) bond motifs is 3. The molecule has 0 amide bonds. The van der Waals surface area contributed by atoms with Crippen molar-refractivity contribution in [1.29, 1.82) is 0 Å². The monoisotopic (exact) mass is 627 g/mol. The number of rotatable bonds is 5. The summed E-state index contributed by atoms with van der Waals surface area (Å²) in [6.07, 6.45) is 11.0. The molecule has 1 nitrogen and oxygen atoms in total. The van der Waals surface area contributed by atoms with Crippen LogP contribution in [0.1, 0.15) is 42.5 Å². The van der Waals surface area contributed by atoms with E-state index in [4.69, 9.17) is 0 Å². The van der Waals surface area contributed by atoms with E-state index in [2.05, 4.69) is 134 Å². The van der Waals surface area contributed by atoms with Crippen LogP contribution in [0, 0.1) is 12.1 Å². The molecule has 0 radical (unpaired) electrons. The molecule has 39 heavy (non-hydrogen) atoms. The Morgan fingerprint density at radius 1 is 0.744 bits per heavy atom. The van der Waals surface area contributed by atoms with Gasteiger partial charge < -0.3 is 29.7 Å². The molecule has 4 heteroatoms. The average Bonchev–Trinajstić information content (AvgIpc) is 3.67. The summed E-state index contributed by atoms with van der Waals surface area (Å²) < 4.78 is 1.42. The van der Waals surface area contributed by atoms with Crippen molar-refractivity contribution in [3.05, 3.63) is 150 Å². The van der Waals surface area contributed by atoms with Gasteiger partial charge >= 0.3 is 99.2 Å². The maximum absolute atomic E-state index is 3.60. The van der Waals surface area contributed by atoms with Gasteiger partial charge in [-0.15, -0.1) is 23.6 Å². The first-order chi connectivity index (χ1) is 18.2. The predicted octanol–water partition coefficient (Wildman–Crippen LogP) is 2.02. The Morgan fingerprint density at radius 3 is 1.85 bits per heavy atom. The number of benzene rings is 4. The number of halogens is 2. The molecule has 0 heterocycles. The van der Waals surface area contributed by atoms with Crippen molar-refractivity contribution in [3.63, 3.8) is 0 Å². The number of nitrogens with zero attached hydrogens (tertiary/aromatic N) is 1. The molecule has 0 saturated carbocycles. The van der Waals surface area contributed by atoms with Crippen molar-refractivity contribution in [1.82, 2.24) is 0 Å². The summed E-state index contributed by atoms with van der Waals surface area (Å²) in [7, 11) is 0. The first-order valence-electron chi connectivity index (χ1n) is 13.0. The van der Waals surface area contributed by atoms with E-state index in [0.29, 0.717) is 0 Å². The number of anilines is 1. The molecule has 0 aliphatic heterocycles. The molecule has 0 unspecified atom stereocenters. The fourth-order valence-electron chi connectivity index (χ4n) is 4.51. The van der Waals surface area contributed by atoms with E-state index in [-0.39, 0.29) is 24.8 Å². The Balaban J connectivity index is 0.000000227. The molecule has 0 aromatic heterocycles. The van der Waals surface area contributed by atoms with Gasteiger partial charge in [-0.1, -0.05) is 41.1 Å². The summed E-state index contributed by atoms with van der Waals surface area (Å²) in [6.45, 7) is 6.47. The Kier molecular flexibility index (Phi) is 14.5. The van der Waals surface area contributed by atoms with Crippen molar-refractivity contribution in [2.75, 3.05) is 18.0 Å². The fourth-order valence-corrected chi connectivity index (χ4v) is 5.33. The summed E-state index contributed by atoms with van der Waals surface area (Å²) in [5.74, 6) is 0. The van der Waals surface area contributed by atoms with E-state index in [1.165, 1.54) is 66.5 Å². The molecule has 4 aromatic carbocycles. The van der Waals surface area contributed by atoms with Crippen LogP contribution in [-0.4, -0.2) is 16.3 Å². The standard InChI is InChI=1S/C17H18N.C13H10.C5H5.2ClH.Zr/c1-3-18(4-2)15-9-10-17-14(12-15)11-13-7-5-6-8-16(13)17;1-3-7-12(8-4-1)11-13-9-5-2-6-10-13;1-2-4-5-3-1;;;/h5-10H,3-4,11H2,1-2H3;1-10H;1-3H,4H2;2*1H;/q-1;;-1;;;+2/p-2. The zero-order valence-electron chi connectivity index (χ0n) is 22.5. The van der Waals surface area contributed by atoms with Crippen molar-refractivity contribution < 1.29 is 49.0 Å². The van der Waals surface area contributed by atoms with Crippen molar-refractivity contribution in [3.8, 4) is 11.1 Å². The second-order valence-corrected chi connectivity index (χ2v) is 10.1.